The minimum absolute atomic E-state index is 0.125. The maximum atomic E-state index is 11.4. The standard InChI is InChI=1S/C17H23N3O3/c1-13(17-18-14-6-3-4-7-15(14)23-17)20-9-5-8-19(10-11-20)12-16(21)22-2/h3-4,6-7,13H,5,8-12H2,1-2H3/t13-/m0/s1. The number of carbonyl (C=O) groups is 1. The Morgan fingerprint density at radius 3 is 2.91 bits per heavy atom. The lowest BCUT2D eigenvalue weighted by Crippen LogP contribution is -2.35. The normalized spacial score (nSPS) is 18.7. The highest BCUT2D eigenvalue weighted by atomic mass is 16.5. The summed E-state index contributed by atoms with van der Waals surface area (Å²) in [6.45, 7) is 6.10. The molecule has 1 aliphatic heterocycles. The van der Waals surface area contributed by atoms with Crippen LogP contribution in [0.2, 0.25) is 0 Å². The Morgan fingerprint density at radius 1 is 1.30 bits per heavy atom. The number of aromatic nitrogens is 1. The minimum Gasteiger partial charge on any atom is -0.468 e. The van der Waals surface area contributed by atoms with E-state index in [2.05, 4.69) is 21.7 Å². The van der Waals surface area contributed by atoms with Crippen molar-refractivity contribution in [2.24, 2.45) is 0 Å². The fourth-order valence-electron chi connectivity index (χ4n) is 3.01. The number of rotatable bonds is 4. The van der Waals surface area contributed by atoms with Crippen LogP contribution in [0.4, 0.5) is 0 Å². The number of oxazole rings is 1. The Balaban J connectivity index is 1.65. The average molecular weight is 317 g/mol. The Morgan fingerprint density at radius 2 is 2.13 bits per heavy atom. The molecule has 1 fully saturated rings. The van der Waals surface area contributed by atoms with Gasteiger partial charge in [0.1, 0.15) is 5.52 Å². The number of benzene rings is 1. The van der Waals surface area contributed by atoms with Gasteiger partial charge in [0.15, 0.2) is 5.58 Å². The molecule has 0 unspecified atom stereocenters. The van der Waals surface area contributed by atoms with E-state index in [4.69, 9.17) is 9.15 Å². The van der Waals surface area contributed by atoms with Gasteiger partial charge in [-0.3, -0.25) is 14.6 Å². The molecule has 0 amide bonds. The van der Waals surface area contributed by atoms with E-state index in [1.54, 1.807) is 0 Å². The second-order valence-electron chi connectivity index (χ2n) is 5.94. The summed E-state index contributed by atoms with van der Waals surface area (Å²) in [4.78, 5) is 20.5. The topological polar surface area (TPSA) is 58.8 Å². The van der Waals surface area contributed by atoms with Crippen LogP contribution in [0.5, 0.6) is 0 Å². The molecule has 2 heterocycles. The smallest absolute Gasteiger partial charge is 0.319 e. The zero-order valence-electron chi connectivity index (χ0n) is 13.7. The third-order valence-corrected chi connectivity index (χ3v) is 4.42. The quantitative estimate of drug-likeness (QED) is 0.805. The van der Waals surface area contributed by atoms with Crippen LogP contribution in [0.1, 0.15) is 25.3 Å². The molecule has 6 nitrogen and oxygen atoms in total. The molecule has 0 aliphatic carbocycles. The summed E-state index contributed by atoms with van der Waals surface area (Å²) >= 11 is 0. The lowest BCUT2D eigenvalue weighted by Gasteiger charge is -2.25. The van der Waals surface area contributed by atoms with E-state index < -0.39 is 0 Å². The monoisotopic (exact) mass is 317 g/mol. The summed E-state index contributed by atoms with van der Waals surface area (Å²) in [6.07, 6.45) is 1.02. The maximum Gasteiger partial charge on any atom is 0.319 e. The summed E-state index contributed by atoms with van der Waals surface area (Å²) in [7, 11) is 1.43. The Hall–Kier alpha value is -1.92. The van der Waals surface area contributed by atoms with E-state index in [-0.39, 0.29) is 12.0 Å². The van der Waals surface area contributed by atoms with Gasteiger partial charge in [0, 0.05) is 26.2 Å². The molecule has 1 atom stereocenters. The fourth-order valence-corrected chi connectivity index (χ4v) is 3.01. The molecule has 0 radical (unpaired) electrons. The van der Waals surface area contributed by atoms with Gasteiger partial charge in [-0.05, 0) is 25.5 Å². The first kappa shape index (κ1) is 16.0. The average Bonchev–Trinajstić information content (AvgIpc) is 2.87. The fraction of sp³-hybridized carbons (Fsp3) is 0.529. The van der Waals surface area contributed by atoms with Crippen molar-refractivity contribution in [3.8, 4) is 0 Å². The third kappa shape index (κ3) is 3.71. The van der Waals surface area contributed by atoms with E-state index in [0.29, 0.717) is 6.54 Å². The molecule has 1 aromatic carbocycles. The Labute approximate surface area is 136 Å². The summed E-state index contributed by atoms with van der Waals surface area (Å²) < 4.78 is 10.6. The van der Waals surface area contributed by atoms with E-state index in [9.17, 15) is 4.79 Å². The number of hydrogen-bond acceptors (Lipinski definition) is 6. The molecule has 0 bridgehead atoms. The SMILES string of the molecule is COC(=O)CN1CCCN([C@@H](C)c2nc3ccccc3o2)CC1. The van der Waals surface area contributed by atoms with E-state index >= 15 is 0 Å². The second kappa shape index (κ2) is 7.10. The molecule has 1 aromatic heterocycles. The van der Waals surface area contributed by atoms with Crippen molar-refractivity contribution in [2.45, 2.75) is 19.4 Å². The summed E-state index contributed by atoms with van der Waals surface area (Å²) in [5.74, 6) is 0.582. The van der Waals surface area contributed by atoms with E-state index in [0.717, 1.165) is 49.6 Å². The van der Waals surface area contributed by atoms with Crippen molar-refractivity contribution < 1.29 is 13.9 Å². The maximum absolute atomic E-state index is 11.4. The third-order valence-electron chi connectivity index (χ3n) is 4.42. The number of esters is 1. The molecule has 1 saturated heterocycles. The number of para-hydroxylation sites is 2. The van der Waals surface area contributed by atoms with Gasteiger partial charge >= 0.3 is 5.97 Å². The lowest BCUT2D eigenvalue weighted by atomic mass is 10.2. The van der Waals surface area contributed by atoms with Gasteiger partial charge in [-0.1, -0.05) is 12.1 Å². The summed E-state index contributed by atoms with van der Waals surface area (Å²) in [5, 5.41) is 0. The number of hydrogen-bond donors (Lipinski definition) is 0. The molecule has 0 N–H and O–H groups in total. The molecular weight excluding hydrogens is 294 g/mol. The number of carbonyl (C=O) groups excluding carboxylic acids is 1. The molecule has 6 heteroatoms. The molecule has 124 valence electrons. The first-order valence-corrected chi connectivity index (χ1v) is 8.06. The van der Waals surface area contributed by atoms with Crippen LogP contribution < -0.4 is 0 Å². The van der Waals surface area contributed by atoms with Gasteiger partial charge in [0.25, 0.3) is 0 Å². The van der Waals surface area contributed by atoms with Crippen molar-refractivity contribution in [1.82, 2.24) is 14.8 Å². The number of methoxy groups -OCH3 is 1. The first-order chi connectivity index (χ1) is 11.2. The van der Waals surface area contributed by atoms with Gasteiger partial charge in [0.05, 0.1) is 19.7 Å². The van der Waals surface area contributed by atoms with Gasteiger partial charge in [0.2, 0.25) is 5.89 Å². The number of fused-ring (bicyclic) bond motifs is 1. The highest BCUT2D eigenvalue weighted by Gasteiger charge is 2.24. The molecule has 0 spiro atoms. The van der Waals surface area contributed by atoms with Gasteiger partial charge in [-0.15, -0.1) is 0 Å². The van der Waals surface area contributed by atoms with Crippen LogP contribution in [0.3, 0.4) is 0 Å². The summed E-state index contributed by atoms with van der Waals surface area (Å²) in [6, 6.07) is 7.96. The zero-order chi connectivity index (χ0) is 16.2. The van der Waals surface area contributed by atoms with Crippen LogP contribution in [0, 0.1) is 0 Å². The molecule has 23 heavy (non-hydrogen) atoms. The van der Waals surface area contributed by atoms with Crippen molar-refractivity contribution >= 4 is 17.1 Å². The highest BCUT2D eigenvalue weighted by Crippen LogP contribution is 2.24. The van der Waals surface area contributed by atoms with Gasteiger partial charge in [-0.2, -0.15) is 0 Å². The first-order valence-electron chi connectivity index (χ1n) is 8.06. The van der Waals surface area contributed by atoms with Gasteiger partial charge < -0.3 is 9.15 Å². The lowest BCUT2D eigenvalue weighted by molar-refractivity contribution is -0.141. The van der Waals surface area contributed by atoms with Crippen LogP contribution in [0.15, 0.2) is 28.7 Å². The van der Waals surface area contributed by atoms with Crippen molar-refractivity contribution in [3.63, 3.8) is 0 Å². The van der Waals surface area contributed by atoms with Gasteiger partial charge in [-0.25, -0.2) is 4.98 Å². The summed E-state index contributed by atoms with van der Waals surface area (Å²) in [5.41, 5.74) is 1.73. The zero-order valence-corrected chi connectivity index (χ0v) is 13.7. The van der Waals surface area contributed by atoms with Crippen molar-refractivity contribution in [1.29, 1.82) is 0 Å². The predicted octanol–water partition coefficient (Wildman–Crippen LogP) is 2.07. The van der Waals surface area contributed by atoms with Crippen LogP contribution in [-0.2, 0) is 9.53 Å². The molecule has 1 aliphatic rings. The molecular formula is C17H23N3O3. The van der Waals surface area contributed by atoms with Crippen molar-refractivity contribution in [2.75, 3.05) is 39.8 Å². The number of nitrogens with zero attached hydrogens (tertiary/aromatic N) is 3. The minimum atomic E-state index is -0.176. The molecule has 3 rings (SSSR count). The Bertz CT molecular complexity index is 637. The predicted molar refractivity (Wildman–Crippen MR) is 87.1 cm³/mol. The molecule has 0 saturated carbocycles. The van der Waals surface area contributed by atoms with Crippen LogP contribution >= 0.6 is 0 Å². The van der Waals surface area contributed by atoms with Crippen LogP contribution in [-0.4, -0.2) is 60.6 Å². The largest absolute Gasteiger partial charge is 0.468 e. The van der Waals surface area contributed by atoms with E-state index in [1.807, 2.05) is 24.3 Å². The number of ether oxygens (including phenoxy) is 1. The van der Waals surface area contributed by atoms with Crippen molar-refractivity contribution in [3.05, 3.63) is 30.2 Å². The van der Waals surface area contributed by atoms with Crippen LogP contribution in [0.25, 0.3) is 11.1 Å². The van der Waals surface area contributed by atoms with E-state index in [1.165, 1.54) is 7.11 Å². The highest BCUT2D eigenvalue weighted by molar-refractivity contribution is 5.72. The Kier molecular flexibility index (Phi) is 4.93. The second-order valence-corrected chi connectivity index (χ2v) is 5.94. The molecule has 2 aromatic rings.